The molecule has 0 bridgehead atoms. The maximum Gasteiger partial charge on any atom is 0.172 e. The highest BCUT2D eigenvalue weighted by Gasteiger charge is 2.09. The van der Waals surface area contributed by atoms with Crippen LogP contribution in [0.25, 0.3) is 0 Å². The van der Waals surface area contributed by atoms with Crippen molar-refractivity contribution in [2.75, 3.05) is 19.0 Å². The summed E-state index contributed by atoms with van der Waals surface area (Å²) in [4.78, 5) is 2.00. The van der Waals surface area contributed by atoms with Crippen molar-refractivity contribution in [3.8, 4) is 0 Å². The summed E-state index contributed by atoms with van der Waals surface area (Å²) in [5.41, 5.74) is 3.67. The number of thiocarbonyl (C=S) groups is 1. The number of hydrogen-bond acceptors (Lipinski definition) is 1. The van der Waals surface area contributed by atoms with Gasteiger partial charge >= 0.3 is 0 Å². The van der Waals surface area contributed by atoms with E-state index in [0.29, 0.717) is 0 Å². The number of nitrogens with one attached hydrogen (secondary N) is 1. The van der Waals surface area contributed by atoms with Gasteiger partial charge in [0.25, 0.3) is 0 Å². The first kappa shape index (κ1) is 11.0. The molecule has 3 heteroatoms. The summed E-state index contributed by atoms with van der Waals surface area (Å²) < 4.78 is 0. The van der Waals surface area contributed by atoms with Gasteiger partial charge in [-0.25, -0.2) is 0 Å². The number of para-hydroxylation sites is 1. The van der Waals surface area contributed by atoms with Crippen LogP contribution in [-0.4, -0.2) is 19.2 Å². The average molecular weight is 208 g/mol. The highest BCUT2D eigenvalue weighted by Crippen LogP contribution is 2.23. The van der Waals surface area contributed by atoms with E-state index < -0.39 is 0 Å². The molecule has 1 N–H and O–H groups in total. The van der Waals surface area contributed by atoms with E-state index in [0.717, 1.165) is 5.11 Å². The van der Waals surface area contributed by atoms with Crippen LogP contribution in [0.3, 0.4) is 0 Å². The lowest BCUT2D eigenvalue weighted by atomic mass is 10.1. The molecule has 0 aromatic heterocycles. The van der Waals surface area contributed by atoms with Gasteiger partial charge in [0.05, 0.1) is 0 Å². The molecule has 14 heavy (non-hydrogen) atoms. The van der Waals surface area contributed by atoms with Gasteiger partial charge in [0.15, 0.2) is 5.11 Å². The fourth-order valence-corrected chi connectivity index (χ4v) is 1.70. The van der Waals surface area contributed by atoms with E-state index >= 15 is 0 Å². The Labute approximate surface area is 90.9 Å². The van der Waals surface area contributed by atoms with Crippen molar-refractivity contribution in [3.05, 3.63) is 29.3 Å². The largest absolute Gasteiger partial charge is 0.365 e. The summed E-state index contributed by atoms with van der Waals surface area (Å²) in [5, 5.41) is 3.71. The van der Waals surface area contributed by atoms with Crippen LogP contribution in [0.1, 0.15) is 11.1 Å². The van der Waals surface area contributed by atoms with Gasteiger partial charge in [-0.05, 0) is 37.2 Å². The number of nitrogens with zero attached hydrogens (tertiary/aromatic N) is 1. The lowest BCUT2D eigenvalue weighted by molar-refractivity contribution is 1.10. The number of rotatable bonds is 1. The van der Waals surface area contributed by atoms with Gasteiger partial charge < -0.3 is 10.2 Å². The van der Waals surface area contributed by atoms with Crippen molar-refractivity contribution >= 4 is 23.0 Å². The summed E-state index contributed by atoms with van der Waals surface area (Å²) in [6.45, 7) is 4.19. The topological polar surface area (TPSA) is 15.3 Å². The molecule has 0 fully saturated rings. The molecule has 0 aliphatic heterocycles. The van der Waals surface area contributed by atoms with Crippen LogP contribution >= 0.6 is 12.2 Å². The van der Waals surface area contributed by atoms with Gasteiger partial charge in [0.1, 0.15) is 0 Å². The summed E-state index contributed by atoms with van der Waals surface area (Å²) in [6, 6.07) is 6.25. The fraction of sp³-hybridized carbons (Fsp3) is 0.364. The van der Waals surface area contributed by atoms with Gasteiger partial charge in [0.2, 0.25) is 0 Å². The molecular formula is C11H16N2S. The first-order valence-corrected chi connectivity index (χ1v) is 5.00. The van der Waals surface area contributed by atoms with E-state index in [1.54, 1.807) is 0 Å². The van der Waals surface area contributed by atoms with Gasteiger partial charge in [-0.3, -0.25) is 0 Å². The molecule has 0 saturated heterocycles. The molecule has 1 aromatic carbocycles. The van der Waals surface area contributed by atoms with E-state index in [9.17, 15) is 0 Å². The SMILES string of the molecule is CNC(=S)N(C)c1c(C)cccc1C. The molecule has 2 nitrogen and oxygen atoms in total. The maximum absolute atomic E-state index is 5.19. The molecule has 76 valence electrons. The summed E-state index contributed by atoms with van der Waals surface area (Å²) in [6.07, 6.45) is 0. The molecule has 0 atom stereocenters. The second-order valence-electron chi connectivity index (χ2n) is 3.35. The first-order chi connectivity index (χ1) is 6.57. The second-order valence-corrected chi connectivity index (χ2v) is 3.74. The third-order valence-corrected chi connectivity index (χ3v) is 2.77. The van der Waals surface area contributed by atoms with Crippen molar-refractivity contribution in [2.45, 2.75) is 13.8 Å². The number of anilines is 1. The minimum Gasteiger partial charge on any atom is -0.365 e. The van der Waals surface area contributed by atoms with Crippen molar-refractivity contribution < 1.29 is 0 Å². The maximum atomic E-state index is 5.19. The number of hydrogen-bond donors (Lipinski definition) is 1. The molecule has 0 saturated carbocycles. The molecular weight excluding hydrogens is 192 g/mol. The van der Waals surface area contributed by atoms with E-state index in [1.807, 2.05) is 19.0 Å². The van der Waals surface area contributed by atoms with E-state index in [2.05, 4.69) is 37.4 Å². The number of aryl methyl sites for hydroxylation is 2. The predicted molar refractivity (Wildman–Crippen MR) is 66.0 cm³/mol. The lowest BCUT2D eigenvalue weighted by Crippen LogP contribution is -2.35. The Morgan fingerprint density at radius 3 is 2.21 bits per heavy atom. The van der Waals surface area contributed by atoms with Gasteiger partial charge in [-0.15, -0.1) is 0 Å². The summed E-state index contributed by atoms with van der Waals surface area (Å²) >= 11 is 5.19. The first-order valence-electron chi connectivity index (χ1n) is 4.59. The van der Waals surface area contributed by atoms with Crippen LogP contribution in [0.5, 0.6) is 0 Å². The van der Waals surface area contributed by atoms with Crippen molar-refractivity contribution in [1.29, 1.82) is 0 Å². The van der Waals surface area contributed by atoms with Crippen LogP contribution < -0.4 is 10.2 Å². The minimum atomic E-state index is 0.738. The molecule has 0 aliphatic rings. The molecule has 0 spiro atoms. The van der Waals surface area contributed by atoms with Crippen molar-refractivity contribution in [3.63, 3.8) is 0 Å². The Morgan fingerprint density at radius 2 is 1.79 bits per heavy atom. The average Bonchev–Trinajstić information content (AvgIpc) is 2.16. The highest BCUT2D eigenvalue weighted by atomic mass is 32.1. The van der Waals surface area contributed by atoms with E-state index in [-0.39, 0.29) is 0 Å². The Balaban J connectivity index is 3.11. The van der Waals surface area contributed by atoms with Crippen molar-refractivity contribution in [1.82, 2.24) is 5.32 Å². The monoisotopic (exact) mass is 208 g/mol. The van der Waals surface area contributed by atoms with Crippen LogP contribution in [0.4, 0.5) is 5.69 Å². The van der Waals surface area contributed by atoms with Gasteiger partial charge in [0, 0.05) is 19.8 Å². The van der Waals surface area contributed by atoms with E-state index in [1.165, 1.54) is 16.8 Å². The minimum absolute atomic E-state index is 0.738. The molecule has 0 radical (unpaired) electrons. The normalized spacial score (nSPS) is 9.71. The summed E-state index contributed by atoms with van der Waals surface area (Å²) in [5.74, 6) is 0. The quantitative estimate of drug-likeness (QED) is 0.713. The summed E-state index contributed by atoms with van der Waals surface area (Å²) in [7, 11) is 3.82. The van der Waals surface area contributed by atoms with Crippen LogP contribution in [0.15, 0.2) is 18.2 Å². The van der Waals surface area contributed by atoms with Gasteiger partial charge in [-0.1, -0.05) is 18.2 Å². The van der Waals surface area contributed by atoms with Crippen LogP contribution in [-0.2, 0) is 0 Å². The molecule has 0 heterocycles. The molecule has 1 rings (SSSR count). The molecule has 0 amide bonds. The Morgan fingerprint density at radius 1 is 1.29 bits per heavy atom. The zero-order valence-electron chi connectivity index (χ0n) is 9.09. The van der Waals surface area contributed by atoms with Crippen molar-refractivity contribution in [2.24, 2.45) is 0 Å². The smallest absolute Gasteiger partial charge is 0.172 e. The Kier molecular flexibility index (Phi) is 3.47. The van der Waals surface area contributed by atoms with Crippen LogP contribution in [0, 0.1) is 13.8 Å². The molecule has 0 unspecified atom stereocenters. The Hall–Kier alpha value is -1.09. The zero-order valence-corrected chi connectivity index (χ0v) is 9.90. The lowest BCUT2D eigenvalue weighted by Gasteiger charge is -2.23. The third kappa shape index (κ3) is 2.04. The fourth-order valence-electron chi connectivity index (χ4n) is 1.60. The van der Waals surface area contributed by atoms with E-state index in [4.69, 9.17) is 12.2 Å². The third-order valence-electron chi connectivity index (χ3n) is 2.29. The highest BCUT2D eigenvalue weighted by molar-refractivity contribution is 7.80. The Bertz CT molecular complexity index is 327. The molecule has 0 aliphatic carbocycles. The zero-order chi connectivity index (χ0) is 10.7. The van der Waals surface area contributed by atoms with Gasteiger partial charge in [-0.2, -0.15) is 0 Å². The number of benzene rings is 1. The van der Waals surface area contributed by atoms with Crippen LogP contribution in [0.2, 0.25) is 0 Å². The predicted octanol–water partition coefficient (Wildman–Crippen LogP) is 2.24. The molecule has 1 aromatic rings. The standard InChI is InChI=1S/C11H16N2S/c1-8-6-5-7-9(2)10(8)13(4)11(14)12-3/h5-7H,1-4H3,(H,12,14). The second kappa shape index (κ2) is 4.42.